The van der Waals surface area contributed by atoms with E-state index in [2.05, 4.69) is 11.8 Å². The molecule has 1 atom stereocenters. The Hall–Kier alpha value is -0.370. The fourth-order valence-electron chi connectivity index (χ4n) is 1.75. The summed E-state index contributed by atoms with van der Waals surface area (Å²) in [5.41, 5.74) is 0. The smallest absolute Gasteiger partial charge is 0.143 e. The molecule has 2 heteroatoms. The lowest BCUT2D eigenvalue weighted by molar-refractivity contribution is -0.118. The van der Waals surface area contributed by atoms with Gasteiger partial charge in [-0.2, -0.15) is 0 Å². The molecule has 64 valence electrons. The number of piperidine rings is 1. The van der Waals surface area contributed by atoms with Gasteiger partial charge in [0, 0.05) is 6.54 Å². The largest absolute Gasteiger partial charge is 0.299 e. The first kappa shape index (κ1) is 8.72. The minimum atomic E-state index is 0.291. The van der Waals surface area contributed by atoms with Crippen molar-refractivity contribution >= 4 is 5.78 Å². The summed E-state index contributed by atoms with van der Waals surface area (Å²) in [5, 5.41) is 0. The van der Waals surface area contributed by atoms with Gasteiger partial charge in [0.25, 0.3) is 0 Å². The van der Waals surface area contributed by atoms with Crippen LogP contribution in [0.2, 0.25) is 0 Å². The van der Waals surface area contributed by atoms with E-state index in [1.807, 2.05) is 0 Å². The first-order valence-electron chi connectivity index (χ1n) is 4.40. The Bertz CT molecular complexity index is 144. The summed E-state index contributed by atoms with van der Waals surface area (Å²) in [6.07, 6.45) is 2.59. The van der Waals surface area contributed by atoms with Crippen molar-refractivity contribution in [3.63, 3.8) is 0 Å². The highest BCUT2D eigenvalue weighted by Crippen LogP contribution is 2.14. The van der Waals surface area contributed by atoms with E-state index in [4.69, 9.17) is 0 Å². The molecule has 1 unspecified atom stereocenters. The Kier molecular flexibility index (Phi) is 3.06. The van der Waals surface area contributed by atoms with E-state index in [1.165, 1.54) is 12.8 Å². The zero-order valence-corrected chi connectivity index (χ0v) is 7.47. The van der Waals surface area contributed by atoms with Crippen LogP contribution in [0.15, 0.2) is 0 Å². The second kappa shape index (κ2) is 3.86. The lowest BCUT2D eigenvalue weighted by Gasteiger charge is -2.29. The highest BCUT2D eigenvalue weighted by atomic mass is 16.1. The number of ketones is 1. The first-order chi connectivity index (χ1) is 5.18. The van der Waals surface area contributed by atoms with E-state index in [-0.39, 0.29) is 0 Å². The Morgan fingerprint density at radius 3 is 2.91 bits per heavy atom. The third kappa shape index (κ3) is 3.02. The van der Waals surface area contributed by atoms with Gasteiger partial charge >= 0.3 is 0 Å². The highest BCUT2D eigenvalue weighted by Gasteiger charge is 2.16. The zero-order chi connectivity index (χ0) is 8.27. The van der Waals surface area contributed by atoms with Crippen LogP contribution >= 0.6 is 0 Å². The minimum absolute atomic E-state index is 0.291. The second-order valence-electron chi connectivity index (χ2n) is 3.68. The van der Waals surface area contributed by atoms with Crippen LogP contribution in [0.4, 0.5) is 0 Å². The lowest BCUT2D eigenvalue weighted by Crippen LogP contribution is -2.37. The number of rotatable bonds is 2. The van der Waals surface area contributed by atoms with Crippen molar-refractivity contribution in [3.05, 3.63) is 0 Å². The maximum atomic E-state index is 10.8. The van der Waals surface area contributed by atoms with Crippen molar-refractivity contribution in [2.45, 2.75) is 26.7 Å². The molecule has 0 bridgehead atoms. The Balaban J connectivity index is 2.28. The van der Waals surface area contributed by atoms with Crippen LogP contribution in [-0.4, -0.2) is 30.3 Å². The van der Waals surface area contributed by atoms with Gasteiger partial charge in [-0.15, -0.1) is 0 Å². The first-order valence-corrected chi connectivity index (χ1v) is 4.40. The third-order valence-corrected chi connectivity index (χ3v) is 2.19. The van der Waals surface area contributed by atoms with Gasteiger partial charge in [0.15, 0.2) is 0 Å². The SMILES string of the molecule is CC(=O)CN1CCCC(C)C1. The van der Waals surface area contributed by atoms with Gasteiger partial charge in [0.05, 0.1) is 6.54 Å². The summed E-state index contributed by atoms with van der Waals surface area (Å²) in [6, 6.07) is 0. The summed E-state index contributed by atoms with van der Waals surface area (Å²) in [4.78, 5) is 13.0. The van der Waals surface area contributed by atoms with Crippen LogP contribution in [0.3, 0.4) is 0 Å². The fourth-order valence-corrected chi connectivity index (χ4v) is 1.75. The van der Waals surface area contributed by atoms with E-state index >= 15 is 0 Å². The Labute approximate surface area is 68.6 Å². The van der Waals surface area contributed by atoms with Gasteiger partial charge in [-0.3, -0.25) is 9.69 Å². The van der Waals surface area contributed by atoms with Gasteiger partial charge in [-0.1, -0.05) is 6.92 Å². The van der Waals surface area contributed by atoms with E-state index in [9.17, 15) is 4.79 Å². The van der Waals surface area contributed by atoms with E-state index in [1.54, 1.807) is 6.92 Å². The van der Waals surface area contributed by atoms with Crippen molar-refractivity contribution < 1.29 is 4.79 Å². The van der Waals surface area contributed by atoms with Gasteiger partial charge in [-0.25, -0.2) is 0 Å². The maximum absolute atomic E-state index is 10.8. The number of hydrogen-bond acceptors (Lipinski definition) is 2. The van der Waals surface area contributed by atoms with Crippen LogP contribution in [0.1, 0.15) is 26.7 Å². The number of nitrogens with zero attached hydrogens (tertiary/aromatic N) is 1. The Morgan fingerprint density at radius 2 is 2.36 bits per heavy atom. The predicted molar refractivity (Wildman–Crippen MR) is 45.5 cm³/mol. The van der Waals surface area contributed by atoms with Gasteiger partial charge < -0.3 is 0 Å². The van der Waals surface area contributed by atoms with Crippen LogP contribution in [-0.2, 0) is 4.79 Å². The molecule has 0 aliphatic carbocycles. The zero-order valence-electron chi connectivity index (χ0n) is 7.47. The van der Waals surface area contributed by atoms with Gasteiger partial charge in [0.2, 0.25) is 0 Å². The van der Waals surface area contributed by atoms with Crippen LogP contribution < -0.4 is 0 Å². The quantitative estimate of drug-likeness (QED) is 0.599. The molecular weight excluding hydrogens is 138 g/mol. The molecule has 2 nitrogen and oxygen atoms in total. The molecule has 11 heavy (non-hydrogen) atoms. The standard InChI is InChI=1S/C9H17NO/c1-8-4-3-5-10(6-8)7-9(2)11/h8H,3-7H2,1-2H3. The van der Waals surface area contributed by atoms with Crippen LogP contribution in [0.5, 0.6) is 0 Å². The van der Waals surface area contributed by atoms with Crippen molar-refractivity contribution in [3.8, 4) is 0 Å². The molecule has 1 fully saturated rings. The third-order valence-electron chi connectivity index (χ3n) is 2.19. The molecule has 0 N–H and O–H groups in total. The predicted octanol–water partition coefficient (Wildman–Crippen LogP) is 1.31. The van der Waals surface area contributed by atoms with Crippen LogP contribution in [0.25, 0.3) is 0 Å². The van der Waals surface area contributed by atoms with E-state index in [0.717, 1.165) is 19.0 Å². The number of likely N-dealkylation sites (tertiary alicyclic amines) is 1. The van der Waals surface area contributed by atoms with E-state index in [0.29, 0.717) is 12.3 Å². The van der Waals surface area contributed by atoms with Gasteiger partial charge in [0.1, 0.15) is 5.78 Å². The topological polar surface area (TPSA) is 20.3 Å². The molecule has 0 amide bonds. The Morgan fingerprint density at radius 1 is 1.64 bits per heavy atom. The summed E-state index contributed by atoms with van der Waals surface area (Å²) in [7, 11) is 0. The van der Waals surface area contributed by atoms with Crippen molar-refractivity contribution in [1.82, 2.24) is 4.90 Å². The molecule has 0 aromatic rings. The molecule has 0 saturated carbocycles. The molecule has 0 spiro atoms. The molecular formula is C9H17NO. The summed E-state index contributed by atoms with van der Waals surface area (Å²) in [5.74, 6) is 1.07. The van der Waals surface area contributed by atoms with E-state index < -0.39 is 0 Å². The second-order valence-corrected chi connectivity index (χ2v) is 3.68. The molecule has 1 saturated heterocycles. The average molecular weight is 155 g/mol. The molecule has 0 radical (unpaired) electrons. The van der Waals surface area contributed by atoms with Gasteiger partial charge in [-0.05, 0) is 32.2 Å². The summed E-state index contributed by atoms with van der Waals surface area (Å²) in [6.45, 7) is 6.80. The molecule has 1 heterocycles. The number of Topliss-reactive ketones (excluding diaryl/α,β-unsaturated/α-hetero) is 1. The molecule has 1 aliphatic rings. The molecule has 0 aromatic heterocycles. The average Bonchev–Trinajstić information content (AvgIpc) is 1.85. The van der Waals surface area contributed by atoms with Crippen molar-refractivity contribution in [2.75, 3.05) is 19.6 Å². The number of carbonyl (C=O) groups is 1. The maximum Gasteiger partial charge on any atom is 0.143 e. The summed E-state index contributed by atoms with van der Waals surface area (Å²) < 4.78 is 0. The molecule has 0 aromatic carbocycles. The minimum Gasteiger partial charge on any atom is -0.299 e. The number of carbonyl (C=O) groups excluding carboxylic acids is 1. The fraction of sp³-hybridized carbons (Fsp3) is 0.889. The molecule has 1 aliphatic heterocycles. The molecule has 1 rings (SSSR count). The normalized spacial score (nSPS) is 26.9. The van der Waals surface area contributed by atoms with Crippen molar-refractivity contribution in [2.24, 2.45) is 5.92 Å². The van der Waals surface area contributed by atoms with Crippen LogP contribution in [0, 0.1) is 5.92 Å². The monoisotopic (exact) mass is 155 g/mol. The summed E-state index contributed by atoms with van der Waals surface area (Å²) >= 11 is 0. The highest BCUT2D eigenvalue weighted by molar-refractivity contribution is 5.77. The van der Waals surface area contributed by atoms with Crippen molar-refractivity contribution in [1.29, 1.82) is 0 Å². The lowest BCUT2D eigenvalue weighted by atomic mass is 10.0. The number of hydrogen-bond donors (Lipinski definition) is 0.